The number of carbonyl (C=O) groups is 2. The van der Waals surface area contributed by atoms with Crippen molar-refractivity contribution in [2.75, 3.05) is 23.3 Å². The molecule has 2 amide bonds. The van der Waals surface area contributed by atoms with Crippen LogP contribution < -0.4 is 15.5 Å². The first-order valence-electron chi connectivity index (χ1n) is 8.72. The molecule has 1 fully saturated rings. The van der Waals surface area contributed by atoms with E-state index in [0.29, 0.717) is 13.0 Å². The molecule has 0 spiro atoms. The standard InChI is InChI=1S/C20H23N3O2/c1-15(16-6-3-2-4-7-16)21-14-19(24)22-17-9-11-18(12-10-17)23-13-5-8-20(23)25/h2-4,6-7,9-12,15,21H,5,8,13-14H2,1H3,(H,22,24)/p+1/t15-/m0/s1. The van der Waals surface area contributed by atoms with Crippen molar-refractivity contribution in [2.45, 2.75) is 25.8 Å². The first-order valence-corrected chi connectivity index (χ1v) is 8.72. The third kappa shape index (κ3) is 4.45. The van der Waals surface area contributed by atoms with Gasteiger partial charge in [-0.05, 0) is 37.6 Å². The van der Waals surface area contributed by atoms with Crippen molar-refractivity contribution in [3.8, 4) is 0 Å². The van der Waals surface area contributed by atoms with E-state index in [4.69, 9.17) is 0 Å². The fourth-order valence-electron chi connectivity index (χ4n) is 3.03. The molecule has 1 aliphatic heterocycles. The molecule has 130 valence electrons. The SMILES string of the molecule is C[C@H]([NH2+]CC(=O)Nc1ccc(N2CCCC2=O)cc1)c1ccccc1. The Morgan fingerprint density at radius 1 is 1.16 bits per heavy atom. The van der Waals surface area contributed by atoms with E-state index in [2.05, 4.69) is 24.4 Å². The molecule has 5 nitrogen and oxygen atoms in total. The molecule has 0 saturated carbocycles. The molecule has 0 bridgehead atoms. The third-order valence-corrected chi connectivity index (χ3v) is 4.52. The lowest BCUT2D eigenvalue weighted by Crippen LogP contribution is -2.86. The summed E-state index contributed by atoms with van der Waals surface area (Å²) in [5.41, 5.74) is 2.85. The largest absolute Gasteiger partial charge is 0.333 e. The zero-order valence-electron chi connectivity index (χ0n) is 14.4. The third-order valence-electron chi connectivity index (χ3n) is 4.52. The topological polar surface area (TPSA) is 66.0 Å². The van der Waals surface area contributed by atoms with E-state index < -0.39 is 0 Å². The number of nitrogens with one attached hydrogen (secondary N) is 1. The number of nitrogens with two attached hydrogens (primary N) is 1. The van der Waals surface area contributed by atoms with E-state index in [9.17, 15) is 9.59 Å². The van der Waals surface area contributed by atoms with Crippen molar-refractivity contribution < 1.29 is 14.9 Å². The first kappa shape index (κ1) is 17.2. The molecule has 0 aromatic heterocycles. The number of amides is 2. The quantitative estimate of drug-likeness (QED) is 0.847. The fraction of sp³-hybridized carbons (Fsp3) is 0.300. The van der Waals surface area contributed by atoms with E-state index in [1.807, 2.05) is 47.8 Å². The van der Waals surface area contributed by atoms with Gasteiger partial charge in [-0.2, -0.15) is 0 Å². The Kier molecular flexibility index (Phi) is 5.46. The van der Waals surface area contributed by atoms with E-state index in [0.717, 1.165) is 24.3 Å². The molecule has 3 N–H and O–H groups in total. The second-order valence-electron chi connectivity index (χ2n) is 6.38. The summed E-state index contributed by atoms with van der Waals surface area (Å²) < 4.78 is 0. The Morgan fingerprint density at radius 2 is 1.88 bits per heavy atom. The van der Waals surface area contributed by atoms with Gasteiger partial charge in [-0.25, -0.2) is 0 Å². The predicted octanol–water partition coefficient (Wildman–Crippen LogP) is 2.08. The van der Waals surface area contributed by atoms with Gasteiger partial charge >= 0.3 is 0 Å². The van der Waals surface area contributed by atoms with Crippen molar-refractivity contribution in [1.29, 1.82) is 0 Å². The Labute approximate surface area is 148 Å². The van der Waals surface area contributed by atoms with Gasteiger partial charge in [0.1, 0.15) is 6.04 Å². The maximum atomic E-state index is 12.1. The van der Waals surface area contributed by atoms with Crippen LogP contribution in [0.3, 0.4) is 0 Å². The monoisotopic (exact) mass is 338 g/mol. The minimum Gasteiger partial charge on any atom is -0.333 e. The highest BCUT2D eigenvalue weighted by Crippen LogP contribution is 2.22. The number of hydrogen-bond acceptors (Lipinski definition) is 2. The van der Waals surface area contributed by atoms with Crippen LogP contribution in [0.1, 0.15) is 31.4 Å². The molecule has 5 heteroatoms. The summed E-state index contributed by atoms with van der Waals surface area (Å²) in [6, 6.07) is 17.8. The molecule has 2 aromatic rings. The van der Waals surface area contributed by atoms with Crippen LogP contribution in [0.25, 0.3) is 0 Å². The second-order valence-corrected chi connectivity index (χ2v) is 6.38. The Hall–Kier alpha value is -2.66. The number of nitrogens with zero attached hydrogens (tertiary/aromatic N) is 1. The number of benzene rings is 2. The normalized spacial score (nSPS) is 15.2. The van der Waals surface area contributed by atoms with Crippen LogP contribution in [0, 0.1) is 0 Å². The highest BCUT2D eigenvalue weighted by atomic mass is 16.2. The van der Waals surface area contributed by atoms with Gasteiger partial charge in [0, 0.05) is 29.9 Å². The lowest BCUT2D eigenvalue weighted by atomic mass is 10.1. The van der Waals surface area contributed by atoms with Gasteiger partial charge in [-0.1, -0.05) is 30.3 Å². The summed E-state index contributed by atoms with van der Waals surface area (Å²) in [4.78, 5) is 25.7. The minimum atomic E-state index is -0.0345. The van der Waals surface area contributed by atoms with Crippen molar-refractivity contribution >= 4 is 23.2 Å². The van der Waals surface area contributed by atoms with Crippen molar-refractivity contribution in [3.63, 3.8) is 0 Å². The molecule has 0 radical (unpaired) electrons. The van der Waals surface area contributed by atoms with Gasteiger partial charge in [-0.3, -0.25) is 9.59 Å². The summed E-state index contributed by atoms with van der Waals surface area (Å²) in [7, 11) is 0. The van der Waals surface area contributed by atoms with Crippen molar-refractivity contribution in [2.24, 2.45) is 0 Å². The van der Waals surface area contributed by atoms with E-state index in [1.165, 1.54) is 5.56 Å². The number of rotatable bonds is 6. The Morgan fingerprint density at radius 3 is 2.52 bits per heavy atom. The minimum absolute atomic E-state index is 0.0345. The first-order chi connectivity index (χ1) is 12.1. The molecule has 1 atom stereocenters. The number of carbonyl (C=O) groups excluding carboxylic acids is 2. The van der Waals surface area contributed by atoms with E-state index in [1.54, 1.807) is 4.90 Å². The summed E-state index contributed by atoms with van der Waals surface area (Å²) in [6.07, 6.45) is 1.53. The summed E-state index contributed by atoms with van der Waals surface area (Å²) in [5, 5.41) is 4.92. The van der Waals surface area contributed by atoms with Gasteiger partial charge in [-0.15, -0.1) is 0 Å². The van der Waals surface area contributed by atoms with Crippen molar-refractivity contribution in [3.05, 3.63) is 60.2 Å². The Bertz CT molecular complexity index is 728. The predicted molar refractivity (Wildman–Crippen MR) is 98.3 cm³/mol. The summed E-state index contributed by atoms with van der Waals surface area (Å²) in [5.74, 6) is 0.133. The highest BCUT2D eigenvalue weighted by molar-refractivity contribution is 5.96. The van der Waals surface area contributed by atoms with E-state index in [-0.39, 0.29) is 17.9 Å². The second kappa shape index (κ2) is 7.94. The fourth-order valence-corrected chi connectivity index (χ4v) is 3.03. The van der Waals surface area contributed by atoms with Crippen LogP contribution >= 0.6 is 0 Å². The molecule has 0 aliphatic carbocycles. The molecule has 1 saturated heterocycles. The number of quaternary nitrogens is 1. The van der Waals surface area contributed by atoms with Gasteiger partial charge < -0.3 is 15.5 Å². The molecule has 3 rings (SSSR count). The highest BCUT2D eigenvalue weighted by Gasteiger charge is 2.21. The van der Waals surface area contributed by atoms with Crippen LogP contribution in [-0.2, 0) is 9.59 Å². The lowest BCUT2D eigenvalue weighted by molar-refractivity contribution is -0.682. The van der Waals surface area contributed by atoms with Gasteiger partial charge in [0.2, 0.25) is 5.91 Å². The van der Waals surface area contributed by atoms with Crippen LogP contribution in [0.15, 0.2) is 54.6 Å². The van der Waals surface area contributed by atoms with Gasteiger partial charge in [0.25, 0.3) is 5.91 Å². The lowest BCUT2D eigenvalue weighted by Gasteiger charge is -2.16. The Balaban J connectivity index is 1.50. The summed E-state index contributed by atoms with van der Waals surface area (Å²) >= 11 is 0. The van der Waals surface area contributed by atoms with Crippen LogP contribution in [0.4, 0.5) is 11.4 Å². The molecule has 0 unspecified atom stereocenters. The molecular weight excluding hydrogens is 314 g/mol. The smallest absolute Gasteiger partial charge is 0.279 e. The van der Waals surface area contributed by atoms with Gasteiger partial charge in [0.15, 0.2) is 6.54 Å². The van der Waals surface area contributed by atoms with Crippen LogP contribution in [0.5, 0.6) is 0 Å². The molecule has 2 aromatic carbocycles. The zero-order valence-corrected chi connectivity index (χ0v) is 14.4. The van der Waals surface area contributed by atoms with Crippen LogP contribution in [0.2, 0.25) is 0 Å². The molecular formula is C20H24N3O2+. The van der Waals surface area contributed by atoms with Crippen molar-refractivity contribution in [1.82, 2.24) is 0 Å². The average molecular weight is 338 g/mol. The number of hydrogen-bond donors (Lipinski definition) is 2. The van der Waals surface area contributed by atoms with Crippen LogP contribution in [-0.4, -0.2) is 24.9 Å². The molecule has 1 heterocycles. The average Bonchev–Trinajstić information content (AvgIpc) is 3.07. The molecule has 25 heavy (non-hydrogen) atoms. The van der Waals surface area contributed by atoms with Gasteiger partial charge in [0.05, 0.1) is 0 Å². The zero-order chi connectivity index (χ0) is 17.6. The number of anilines is 2. The maximum Gasteiger partial charge on any atom is 0.279 e. The summed E-state index contributed by atoms with van der Waals surface area (Å²) in [6.45, 7) is 3.23. The maximum absolute atomic E-state index is 12.1. The molecule has 1 aliphatic rings. The van der Waals surface area contributed by atoms with E-state index >= 15 is 0 Å².